The van der Waals surface area contributed by atoms with Crippen LogP contribution in [0, 0.1) is 0 Å². The summed E-state index contributed by atoms with van der Waals surface area (Å²) < 4.78 is 118. The van der Waals surface area contributed by atoms with Gasteiger partial charge in [0.15, 0.2) is 0 Å². The minimum atomic E-state index is -6.00. The molecule has 1 N–H and O–H groups in total. The maximum absolute atomic E-state index is 9.75. The van der Waals surface area contributed by atoms with Gasteiger partial charge in [-0.3, -0.25) is 0 Å². The molecule has 1 heterocycles. The second-order valence-corrected chi connectivity index (χ2v) is 6.85. The van der Waals surface area contributed by atoms with Crippen molar-refractivity contribution in [3.63, 3.8) is 0 Å². The third kappa shape index (κ3) is 51.6. The molecule has 1 rings (SSSR count). The van der Waals surface area contributed by atoms with Gasteiger partial charge in [-0.2, -0.15) is 0 Å². The van der Waals surface area contributed by atoms with Gasteiger partial charge < -0.3 is 51.8 Å². The quantitative estimate of drug-likeness (QED) is 0.487. The Hall–Kier alpha value is 0.201. The number of nitrogens with zero attached hydrogens (tertiary/aromatic N) is 1. The van der Waals surface area contributed by atoms with E-state index >= 15 is 0 Å². The molecule has 0 fully saturated rings. The number of halogens is 12. The van der Waals surface area contributed by atoms with Crippen LogP contribution in [0.4, 0.5) is 51.8 Å². The molecule has 0 aliphatic heterocycles. The Morgan fingerprint density at radius 3 is 1.08 bits per heavy atom. The summed E-state index contributed by atoms with van der Waals surface area (Å²) in [4.78, 5) is 0. The van der Waals surface area contributed by atoms with E-state index in [1.807, 2.05) is 0 Å². The van der Waals surface area contributed by atoms with E-state index in [0.29, 0.717) is 0 Å². The van der Waals surface area contributed by atoms with Crippen LogP contribution >= 0.6 is 0 Å². The van der Waals surface area contributed by atoms with Gasteiger partial charge in [0.1, 0.15) is 0 Å². The Kier molecular flexibility index (Phi) is 14.2. The summed E-state index contributed by atoms with van der Waals surface area (Å²) in [6.07, 6.45) is 0. The average molecular weight is 423 g/mol. The summed E-state index contributed by atoms with van der Waals surface area (Å²) in [6.45, 7) is 6.53. The largest absolute Gasteiger partial charge is 0.673 e. The predicted molar refractivity (Wildman–Crippen MR) is 73.2 cm³/mol. The Bertz CT molecular complexity index is 416. The number of aromatic amines is 1. The van der Waals surface area contributed by atoms with Crippen molar-refractivity contribution in [2.75, 3.05) is 0 Å². The van der Waals surface area contributed by atoms with Crippen LogP contribution in [0.25, 0.3) is 0 Å². The van der Waals surface area contributed by atoms with E-state index in [1.165, 1.54) is 5.48 Å². The monoisotopic (exact) mass is 423 g/mol. The summed E-state index contributed by atoms with van der Waals surface area (Å²) in [5, 5.41) is 7.22. The minimum Gasteiger partial charge on any atom is -0.418 e. The van der Waals surface area contributed by atoms with Gasteiger partial charge in [-0.15, -0.1) is 0 Å². The molecule has 18 heteroatoms. The fourth-order valence-electron chi connectivity index (χ4n) is 0.802. The first kappa shape index (κ1) is 29.9. The van der Waals surface area contributed by atoms with Crippen LogP contribution in [0.15, 0.2) is 6.07 Å². The molecule has 1 aromatic heterocycles. The maximum atomic E-state index is 9.75. The van der Waals surface area contributed by atoms with E-state index < -0.39 is 21.8 Å². The average Bonchev–Trinajstić information content (AvgIpc) is 2.55. The molecule has 25 heavy (non-hydrogen) atoms. The molecule has 0 bridgehead atoms. The molecule has 0 spiro atoms. The van der Waals surface area contributed by atoms with Gasteiger partial charge in [0, 0.05) is 0 Å². The summed E-state index contributed by atoms with van der Waals surface area (Å²) in [6, 6.07) is 2.17. The van der Waals surface area contributed by atoms with Crippen molar-refractivity contribution in [1.29, 1.82) is 0 Å². The van der Waals surface area contributed by atoms with Gasteiger partial charge >= 0.3 is 119 Å². The zero-order valence-corrected chi connectivity index (χ0v) is 16.4. The zero-order chi connectivity index (χ0) is 21.3. The van der Waals surface area contributed by atoms with Crippen LogP contribution in [-0.2, 0) is 5.41 Å². The number of H-pyrrole nitrogens is 1. The molecule has 0 saturated heterocycles. The van der Waals surface area contributed by atoms with Crippen molar-refractivity contribution in [2.24, 2.45) is 0 Å². The SMILES string of the molecule is CC(C)(C)c1c[c]([K])[nH]n1.F[B-](F)(F)F.F[B-](F)(F)F.F[B-](F)(F)F. The topological polar surface area (TPSA) is 28.7 Å². The third-order valence-corrected chi connectivity index (χ3v) is 2.27. The summed E-state index contributed by atoms with van der Waals surface area (Å²) in [5.41, 5.74) is 1.38. The third-order valence-electron chi connectivity index (χ3n) is 1.47. The molecule has 0 aliphatic carbocycles. The van der Waals surface area contributed by atoms with E-state index in [0.717, 1.165) is 49.0 Å². The smallest absolute Gasteiger partial charge is 0.418 e. The van der Waals surface area contributed by atoms with Crippen molar-refractivity contribution in [3.05, 3.63) is 11.8 Å². The molecule has 0 aromatic carbocycles. The first-order chi connectivity index (χ1) is 10.5. The first-order valence-corrected chi connectivity index (χ1v) is 7.70. The van der Waals surface area contributed by atoms with Crippen LogP contribution in [0.5, 0.6) is 0 Å². The number of nitrogens with one attached hydrogen (secondary N) is 1. The van der Waals surface area contributed by atoms with Crippen molar-refractivity contribution in [3.8, 4) is 0 Å². The maximum Gasteiger partial charge on any atom is 0.673 e. The van der Waals surface area contributed by atoms with Crippen LogP contribution in [0.1, 0.15) is 26.5 Å². The molecule has 2 nitrogen and oxygen atoms in total. The Labute approximate surface area is 169 Å². The first-order valence-electron chi connectivity index (χ1n) is 6.14. The van der Waals surface area contributed by atoms with Crippen molar-refractivity contribution in [2.45, 2.75) is 26.2 Å². The summed E-state index contributed by atoms with van der Waals surface area (Å²) in [7, 11) is -18.0. The Morgan fingerprint density at radius 1 is 0.760 bits per heavy atom. The van der Waals surface area contributed by atoms with E-state index in [2.05, 4.69) is 37.0 Å². The molecular weight excluding hydrogens is 412 g/mol. The molecule has 0 radical (unpaired) electrons. The van der Waals surface area contributed by atoms with Gasteiger partial charge in [-0.25, -0.2) is 0 Å². The van der Waals surface area contributed by atoms with Gasteiger partial charge in [0.25, 0.3) is 0 Å². The minimum absolute atomic E-state index is 0.201. The normalized spacial score (nSPS) is 12.0. The van der Waals surface area contributed by atoms with Crippen molar-refractivity contribution < 1.29 is 51.8 Å². The van der Waals surface area contributed by atoms with E-state index in [4.69, 9.17) is 0 Å². The second-order valence-electron chi connectivity index (χ2n) is 5.17. The fraction of sp³-hybridized carbons (Fsp3) is 0.571. The van der Waals surface area contributed by atoms with Gasteiger partial charge in [-0.1, -0.05) is 0 Å². The molecule has 1 aromatic rings. The number of hydrogen-bond acceptors (Lipinski definition) is 1. The fourth-order valence-corrected chi connectivity index (χ4v) is 1.40. The molecule has 0 saturated carbocycles. The standard InChI is InChI=1S/C7H11N2.3BF4.K/c1-7(2,3)6-4-5-8-9-6;3*2-1(3,4)5;/h4H,1-3H3,(H,8,9);;;;/q;3*-1;. The number of hydrogen-bond donors (Lipinski definition) is 1. The Balaban J connectivity index is -0.000000279. The van der Waals surface area contributed by atoms with Crippen LogP contribution in [-0.4, -0.2) is 80.9 Å². The van der Waals surface area contributed by atoms with Gasteiger partial charge in [0.05, 0.1) is 0 Å². The second kappa shape index (κ2) is 11.8. The van der Waals surface area contributed by atoms with Gasteiger partial charge in [-0.05, 0) is 0 Å². The summed E-state index contributed by atoms with van der Waals surface area (Å²) >= 11 is 0.726. The molecule has 146 valence electrons. The summed E-state index contributed by atoms with van der Waals surface area (Å²) in [5.74, 6) is 0. The van der Waals surface area contributed by atoms with E-state index in [1.54, 1.807) is 0 Å². The van der Waals surface area contributed by atoms with Crippen LogP contribution < -0.4 is -0.212 Å². The van der Waals surface area contributed by atoms with Crippen molar-refractivity contribution in [1.82, 2.24) is 10.2 Å². The molecule has 0 aliphatic rings. The number of aromatic nitrogens is 2. The van der Waals surface area contributed by atoms with E-state index in [9.17, 15) is 51.8 Å². The molecule has 0 amide bonds. The zero-order valence-electron chi connectivity index (χ0n) is 13.3. The Morgan fingerprint density at radius 2 is 1.00 bits per heavy atom. The van der Waals surface area contributed by atoms with Crippen LogP contribution in [0.3, 0.4) is 0 Å². The molecule has 0 unspecified atom stereocenters. The number of rotatable bonds is 0. The van der Waals surface area contributed by atoms with Crippen LogP contribution in [0.2, 0.25) is 0 Å². The van der Waals surface area contributed by atoms with Gasteiger partial charge in [0.2, 0.25) is 0 Å². The van der Waals surface area contributed by atoms with E-state index in [-0.39, 0.29) is 5.41 Å². The molecular formula is C7H11B3F12KN2-3. The van der Waals surface area contributed by atoms with Crippen molar-refractivity contribution >= 4 is 70.5 Å². The molecule has 0 atom stereocenters. The predicted octanol–water partition coefficient (Wildman–Crippen LogP) is 4.40.